The van der Waals surface area contributed by atoms with Crippen molar-refractivity contribution < 1.29 is 24.6 Å². The summed E-state index contributed by atoms with van der Waals surface area (Å²) in [5, 5.41) is 19.0. The third-order valence-electron chi connectivity index (χ3n) is 4.74. The van der Waals surface area contributed by atoms with Crippen LogP contribution in [0.25, 0.3) is 10.9 Å². The monoisotopic (exact) mass is 402 g/mol. The summed E-state index contributed by atoms with van der Waals surface area (Å²) in [5.41, 5.74) is 3.02. The lowest BCUT2D eigenvalue weighted by atomic mass is 10.1. The lowest BCUT2D eigenvalue weighted by Crippen LogP contribution is -2.33. The highest BCUT2D eigenvalue weighted by atomic mass is 16.4. The van der Waals surface area contributed by atoms with Gasteiger partial charge in [-0.3, -0.25) is 9.69 Å². The fourth-order valence-electron chi connectivity index (χ4n) is 3.15. The Labute approximate surface area is 168 Å². The van der Waals surface area contributed by atoms with E-state index in [1.54, 1.807) is 0 Å². The summed E-state index contributed by atoms with van der Waals surface area (Å²) in [6.07, 6.45) is 0.921. The van der Waals surface area contributed by atoms with Gasteiger partial charge in [0.25, 0.3) is 0 Å². The topological polar surface area (TPSA) is 123 Å². The number of fused-ring (bicyclic) bond motifs is 2. The molecule has 1 aromatic carbocycles. The third-order valence-corrected chi connectivity index (χ3v) is 4.74. The Hall–Kier alpha value is -3.20. The molecule has 156 valence electrons. The second-order valence-corrected chi connectivity index (χ2v) is 6.60. The Morgan fingerprint density at radius 1 is 1.14 bits per heavy atom. The van der Waals surface area contributed by atoms with Gasteiger partial charge >= 0.3 is 11.9 Å². The number of anilines is 2. The van der Waals surface area contributed by atoms with E-state index in [1.165, 1.54) is 0 Å². The largest absolute Gasteiger partial charge is 0.473 e. The Morgan fingerprint density at radius 3 is 2.34 bits per heavy atom. The molecule has 2 aromatic rings. The molecule has 0 radical (unpaired) electrons. The van der Waals surface area contributed by atoms with Crippen molar-refractivity contribution in [2.24, 2.45) is 0 Å². The summed E-state index contributed by atoms with van der Waals surface area (Å²) >= 11 is 0. The number of nitrogens with one attached hydrogen (secondary N) is 1. The standard InChI is InChI=1S/C18H24N4O.C2H2O4/c1-4-22(5-2)12-16(23)20-17-13-8-6-7-9-15(13)19-18-14(17)10-11-21(18)3;3-1(4)2(5)6/h6-9H,4-5,10-12H2,1-3H3,(H,19,20,23);(H,3,4)(H,5,6). The second-order valence-electron chi connectivity index (χ2n) is 6.60. The van der Waals surface area contributed by atoms with Crippen LogP contribution in [0.1, 0.15) is 19.4 Å². The molecule has 9 heteroatoms. The average Bonchev–Trinajstić information content (AvgIpc) is 3.07. The van der Waals surface area contributed by atoms with E-state index in [2.05, 4.69) is 36.0 Å². The van der Waals surface area contributed by atoms with Crippen LogP contribution >= 0.6 is 0 Å². The summed E-state index contributed by atoms with van der Waals surface area (Å²) in [6, 6.07) is 8.02. The quantitative estimate of drug-likeness (QED) is 0.646. The normalized spacial score (nSPS) is 12.3. The van der Waals surface area contributed by atoms with E-state index in [0.717, 1.165) is 54.0 Å². The van der Waals surface area contributed by atoms with Crippen molar-refractivity contribution >= 4 is 40.3 Å². The lowest BCUT2D eigenvalue weighted by molar-refractivity contribution is -0.159. The maximum atomic E-state index is 12.5. The highest BCUT2D eigenvalue weighted by molar-refractivity contribution is 6.27. The number of pyridine rings is 1. The van der Waals surface area contributed by atoms with Gasteiger partial charge in [-0.2, -0.15) is 0 Å². The first kappa shape index (κ1) is 22.1. The number of likely N-dealkylation sites (N-methyl/N-ethyl adjacent to an activating group) is 2. The van der Waals surface area contributed by atoms with Crippen molar-refractivity contribution in [3.8, 4) is 0 Å². The van der Waals surface area contributed by atoms with Crippen LogP contribution in [-0.2, 0) is 20.8 Å². The van der Waals surface area contributed by atoms with Gasteiger partial charge in [-0.1, -0.05) is 32.0 Å². The van der Waals surface area contributed by atoms with Crippen LogP contribution in [0.3, 0.4) is 0 Å². The maximum absolute atomic E-state index is 12.5. The van der Waals surface area contributed by atoms with E-state index in [-0.39, 0.29) is 5.91 Å². The minimum absolute atomic E-state index is 0.0433. The predicted octanol–water partition coefficient (Wildman–Crippen LogP) is 1.66. The first-order chi connectivity index (χ1) is 13.8. The summed E-state index contributed by atoms with van der Waals surface area (Å²) in [7, 11) is 2.05. The first-order valence-corrected chi connectivity index (χ1v) is 9.39. The number of para-hydroxylation sites is 1. The van der Waals surface area contributed by atoms with Crippen LogP contribution in [0.15, 0.2) is 24.3 Å². The molecule has 1 aliphatic rings. The molecular formula is C20H26N4O5. The van der Waals surface area contributed by atoms with Crippen molar-refractivity contribution in [1.29, 1.82) is 0 Å². The Kier molecular flexibility index (Phi) is 7.49. The van der Waals surface area contributed by atoms with Crippen LogP contribution in [0, 0.1) is 0 Å². The smallest absolute Gasteiger partial charge is 0.414 e. The number of aliphatic carboxylic acids is 2. The Bertz CT molecular complexity index is 899. The molecule has 0 saturated carbocycles. The zero-order chi connectivity index (χ0) is 21.6. The fraction of sp³-hybridized carbons (Fsp3) is 0.400. The van der Waals surface area contributed by atoms with Crippen LogP contribution in [0.5, 0.6) is 0 Å². The van der Waals surface area contributed by atoms with Crippen LogP contribution in [0.4, 0.5) is 11.5 Å². The summed E-state index contributed by atoms with van der Waals surface area (Å²) in [5.74, 6) is -2.62. The first-order valence-electron chi connectivity index (χ1n) is 9.39. The summed E-state index contributed by atoms with van der Waals surface area (Å²) in [6.45, 7) is 7.27. The maximum Gasteiger partial charge on any atom is 0.414 e. The Balaban J connectivity index is 0.000000438. The molecule has 0 aliphatic carbocycles. The fourth-order valence-corrected chi connectivity index (χ4v) is 3.15. The van der Waals surface area contributed by atoms with Crippen LogP contribution in [-0.4, -0.2) is 71.2 Å². The predicted molar refractivity (Wildman–Crippen MR) is 110 cm³/mol. The molecule has 0 saturated heterocycles. The average molecular weight is 402 g/mol. The van der Waals surface area contributed by atoms with Gasteiger partial charge in [0.05, 0.1) is 17.7 Å². The molecule has 0 fully saturated rings. The molecule has 0 spiro atoms. The van der Waals surface area contributed by atoms with Gasteiger partial charge in [0.2, 0.25) is 5.91 Å². The number of rotatable bonds is 5. The van der Waals surface area contributed by atoms with Gasteiger partial charge in [0, 0.05) is 24.5 Å². The van der Waals surface area contributed by atoms with Crippen LogP contribution in [0.2, 0.25) is 0 Å². The zero-order valence-corrected chi connectivity index (χ0v) is 16.8. The lowest BCUT2D eigenvalue weighted by Gasteiger charge is -2.19. The number of hydrogen-bond donors (Lipinski definition) is 3. The van der Waals surface area contributed by atoms with E-state index in [4.69, 9.17) is 24.8 Å². The molecule has 0 unspecified atom stereocenters. The molecule has 0 bridgehead atoms. The van der Waals surface area contributed by atoms with E-state index in [0.29, 0.717) is 6.54 Å². The van der Waals surface area contributed by atoms with Gasteiger partial charge in [-0.05, 0) is 25.6 Å². The number of carbonyl (C=O) groups excluding carboxylic acids is 1. The zero-order valence-electron chi connectivity index (χ0n) is 16.8. The number of carboxylic acids is 2. The summed E-state index contributed by atoms with van der Waals surface area (Å²) < 4.78 is 0. The van der Waals surface area contributed by atoms with E-state index in [1.807, 2.05) is 24.3 Å². The summed E-state index contributed by atoms with van der Waals surface area (Å²) in [4.78, 5) is 39.7. The van der Waals surface area contributed by atoms with Gasteiger partial charge < -0.3 is 20.4 Å². The van der Waals surface area contributed by atoms with Gasteiger partial charge in [-0.15, -0.1) is 0 Å². The molecular weight excluding hydrogens is 376 g/mol. The number of aromatic nitrogens is 1. The molecule has 0 atom stereocenters. The molecule has 1 amide bonds. The van der Waals surface area contributed by atoms with Crippen molar-refractivity contribution in [2.45, 2.75) is 20.3 Å². The van der Waals surface area contributed by atoms with Crippen molar-refractivity contribution in [3.05, 3.63) is 29.8 Å². The third kappa shape index (κ3) is 5.41. The number of hydrogen-bond acceptors (Lipinski definition) is 6. The molecule has 29 heavy (non-hydrogen) atoms. The number of carbonyl (C=O) groups is 3. The second kappa shape index (κ2) is 9.83. The van der Waals surface area contributed by atoms with Crippen molar-refractivity contribution in [2.75, 3.05) is 43.4 Å². The SMILES string of the molecule is CCN(CC)CC(=O)Nc1c2c(nc3ccccc13)N(C)CC2.O=C(O)C(=O)O. The number of nitrogens with zero attached hydrogens (tertiary/aromatic N) is 3. The van der Waals surface area contributed by atoms with E-state index in [9.17, 15) is 4.79 Å². The minimum atomic E-state index is -1.82. The van der Waals surface area contributed by atoms with Gasteiger partial charge in [0.15, 0.2) is 0 Å². The van der Waals surface area contributed by atoms with Crippen LogP contribution < -0.4 is 10.2 Å². The van der Waals surface area contributed by atoms with Gasteiger partial charge in [0.1, 0.15) is 5.82 Å². The Morgan fingerprint density at radius 2 is 1.76 bits per heavy atom. The highest BCUT2D eigenvalue weighted by Gasteiger charge is 2.24. The minimum Gasteiger partial charge on any atom is -0.473 e. The van der Waals surface area contributed by atoms with E-state index < -0.39 is 11.9 Å². The molecule has 2 heterocycles. The molecule has 3 N–H and O–H groups in total. The van der Waals surface area contributed by atoms with Gasteiger partial charge in [-0.25, -0.2) is 14.6 Å². The molecule has 1 aromatic heterocycles. The molecule has 9 nitrogen and oxygen atoms in total. The highest BCUT2D eigenvalue weighted by Crippen LogP contribution is 2.36. The van der Waals surface area contributed by atoms with E-state index >= 15 is 0 Å². The molecule has 1 aliphatic heterocycles. The van der Waals surface area contributed by atoms with Crippen molar-refractivity contribution in [1.82, 2.24) is 9.88 Å². The van der Waals surface area contributed by atoms with Crippen molar-refractivity contribution in [3.63, 3.8) is 0 Å². The number of carboxylic acid groups (broad SMARTS) is 2. The molecule has 3 rings (SSSR count). The number of amides is 1. The number of benzene rings is 1.